The molecule has 3 unspecified atom stereocenters. The van der Waals surface area contributed by atoms with Crippen LogP contribution in [0.25, 0.3) is 16.8 Å². The summed E-state index contributed by atoms with van der Waals surface area (Å²) in [7, 11) is 0. The molecule has 3 nitrogen and oxygen atoms in total. The fraction of sp³-hybridized carbons (Fsp3) is 0.235. The molecule has 1 saturated carbocycles. The normalized spacial score (nSPS) is 28.0. The lowest BCUT2D eigenvalue weighted by molar-refractivity contribution is 0.313. The van der Waals surface area contributed by atoms with Gasteiger partial charge in [-0.05, 0) is 42.2 Å². The number of aliphatic imine (C=N–C) groups is 1. The zero-order valence-corrected chi connectivity index (χ0v) is 21.2. The highest BCUT2D eigenvalue weighted by Gasteiger charge is 2.77. The van der Waals surface area contributed by atoms with E-state index in [4.69, 9.17) is 0 Å². The Hall–Kier alpha value is -4.16. The highest BCUT2D eigenvalue weighted by Crippen LogP contribution is 2.77. The van der Waals surface area contributed by atoms with E-state index in [-0.39, 0.29) is 22.3 Å². The molecular formula is C34H29N3. The lowest BCUT2D eigenvalue weighted by Gasteiger charge is -2.50. The molecule has 2 heterocycles. The van der Waals surface area contributed by atoms with Crippen molar-refractivity contribution in [2.45, 2.75) is 37.6 Å². The fourth-order valence-electron chi connectivity index (χ4n) is 7.11. The number of anilines is 2. The van der Waals surface area contributed by atoms with Gasteiger partial charge in [0.15, 0.2) is 0 Å². The largest absolute Gasteiger partial charge is 0.330 e. The molecule has 0 radical (unpaired) electrons. The smallest absolute Gasteiger partial charge is 0.0850 e. The van der Waals surface area contributed by atoms with E-state index in [0.717, 1.165) is 17.7 Å². The van der Waals surface area contributed by atoms with Crippen molar-refractivity contribution in [2.75, 3.05) is 4.90 Å². The molecule has 1 fully saturated rings. The van der Waals surface area contributed by atoms with E-state index in [9.17, 15) is 5.26 Å². The van der Waals surface area contributed by atoms with Crippen LogP contribution in [0.2, 0.25) is 0 Å². The topological polar surface area (TPSA) is 39.4 Å². The van der Waals surface area contributed by atoms with Crippen molar-refractivity contribution in [3.8, 4) is 17.2 Å². The molecule has 3 aromatic rings. The summed E-state index contributed by atoms with van der Waals surface area (Å²) in [5, 5.41) is 9.22. The third-order valence-corrected chi connectivity index (χ3v) is 9.13. The van der Waals surface area contributed by atoms with Crippen LogP contribution in [-0.2, 0) is 5.41 Å². The minimum absolute atomic E-state index is 0.0307. The minimum Gasteiger partial charge on any atom is -0.330 e. The lowest BCUT2D eigenvalue weighted by Crippen LogP contribution is -2.50. The molecular weight excluding hydrogens is 450 g/mol. The molecule has 0 aromatic heterocycles. The number of allylic oxidation sites excluding steroid dienone is 3. The molecule has 3 aromatic carbocycles. The molecule has 3 atom stereocenters. The van der Waals surface area contributed by atoms with Crippen LogP contribution in [0.15, 0.2) is 108 Å². The maximum Gasteiger partial charge on any atom is 0.0850 e. The van der Waals surface area contributed by atoms with Crippen LogP contribution >= 0.6 is 0 Å². The molecule has 7 rings (SSSR count). The second-order valence-electron chi connectivity index (χ2n) is 11.2. The van der Waals surface area contributed by atoms with Crippen molar-refractivity contribution in [3.63, 3.8) is 0 Å². The quantitative estimate of drug-likeness (QED) is 0.382. The summed E-state index contributed by atoms with van der Waals surface area (Å²) in [6.07, 6.45) is 15.0. The van der Waals surface area contributed by atoms with E-state index < -0.39 is 0 Å². The molecule has 0 N–H and O–H groups in total. The summed E-state index contributed by atoms with van der Waals surface area (Å²) in [5.41, 5.74) is 8.37. The van der Waals surface area contributed by atoms with Gasteiger partial charge in [0.1, 0.15) is 0 Å². The third kappa shape index (κ3) is 2.90. The maximum absolute atomic E-state index is 9.22. The SMILES string of the molecule is CC1(C)c2ccccc2N(c2ccccc2-c2cccc(C3=CCC(C#N)C=N3)c2)C23C=CC=CC12C3. The van der Waals surface area contributed by atoms with Gasteiger partial charge in [0.2, 0.25) is 0 Å². The Bertz CT molecular complexity index is 1600. The molecule has 0 amide bonds. The van der Waals surface area contributed by atoms with Gasteiger partial charge in [0.05, 0.1) is 23.2 Å². The van der Waals surface area contributed by atoms with Gasteiger partial charge >= 0.3 is 0 Å². The van der Waals surface area contributed by atoms with E-state index in [2.05, 4.69) is 133 Å². The Morgan fingerprint density at radius 3 is 2.46 bits per heavy atom. The standard InChI is InChI=1S/C34H29N3/c1-32(2)28-13-4-6-15-31(28)37(34-19-8-7-18-33(32,34)23-34)30-14-5-3-12-27(30)25-10-9-11-26(20-25)29-17-16-24(21-35)22-36-29/h3-15,17-20,22,24H,16,23H2,1-2H3. The van der Waals surface area contributed by atoms with E-state index in [0.29, 0.717) is 6.42 Å². The lowest BCUT2D eigenvalue weighted by atomic mass is 9.64. The summed E-state index contributed by atoms with van der Waals surface area (Å²) in [6.45, 7) is 4.83. The second kappa shape index (κ2) is 7.67. The monoisotopic (exact) mass is 479 g/mol. The molecule has 180 valence electrons. The molecule has 3 heteroatoms. The second-order valence-corrected chi connectivity index (χ2v) is 11.2. The molecule has 0 spiro atoms. The first-order chi connectivity index (χ1) is 18.0. The van der Waals surface area contributed by atoms with Gasteiger partial charge in [0, 0.05) is 39.5 Å². The Morgan fingerprint density at radius 2 is 1.65 bits per heavy atom. The molecule has 37 heavy (non-hydrogen) atoms. The van der Waals surface area contributed by atoms with Gasteiger partial charge in [0.25, 0.3) is 0 Å². The number of rotatable bonds is 3. The van der Waals surface area contributed by atoms with Crippen molar-refractivity contribution in [3.05, 3.63) is 114 Å². The Labute approximate surface area is 218 Å². The summed E-state index contributed by atoms with van der Waals surface area (Å²) in [5.74, 6) is -0.133. The first-order valence-corrected chi connectivity index (χ1v) is 13.1. The summed E-state index contributed by atoms with van der Waals surface area (Å²) < 4.78 is 0. The van der Waals surface area contributed by atoms with Crippen LogP contribution in [0.5, 0.6) is 0 Å². The van der Waals surface area contributed by atoms with Gasteiger partial charge in [-0.1, -0.05) is 98.8 Å². The van der Waals surface area contributed by atoms with E-state index in [1.807, 2.05) is 0 Å². The number of hydrogen-bond acceptors (Lipinski definition) is 3. The zero-order chi connectivity index (χ0) is 25.3. The van der Waals surface area contributed by atoms with Crippen LogP contribution in [0.1, 0.15) is 37.8 Å². The average Bonchev–Trinajstić information content (AvgIpc) is 3.66. The van der Waals surface area contributed by atoms with Gasteiger partial charge in [-0.25, -0.2) is 0 Å². The van der Waals surface area contributed by atoms with Crippen molar-refractivity contribution in [1.82, 2.24) is 0 Å². The minimum atomic E-state index is -0.133. The summed E-state index contributed by atoms with van der Waals surface area (Å²) >= 11 is 0. The van der Waals surface area contributed by atoms with E-state index in [1.54, 1.807) is 6.21 Å². The van der Waals surface area contributed by atoms with Crippen molar-refractivity contribution >= 4 is 23.3 Å². The van der Waals surface area contributed by atoms with Crippen LogP contribution in [-0.4, -0.2) is 11.8 Å². The van der Waals surface area contributed by atoms with Crippen LogP contribution in [0, 0.1) is 22.7 Å². The number of para-hydroxylation sites is 2. The predicted molar refractivity (Wildman–Crippen MR) is 152 cm³/mol. The zero-order valence-electron chi connectivity index (χ0n) is 21.2. The fourth-order valence-corrected chi connectivity index (χ4v) is 7.11. The van der Waals surface area contributed by atoms with Crippen LogP contribution in [0.4, 0.5) is 11.4 Å². The molecule has 0 bridgehead atoms. The Morgan fingerprint density at radius 1 is 0.892 bits per heavy atom. The average molecular weight is 480 g/mol. The third-order valence-electron chi connectivity index (χ3n) is 9.13. The van der Waals surface area contributed by atoms with E-state index in [1.165, 1.54) is 28.1 Å². The molecule has 4 aliphatic rings. The molecule has 0 saturated heterocycles. The number of hydrogen-bond donors (Lipinski definition) is 0. The van der Waals surface area contributed by atoms with Gasteiger partial charge in [-0.2, -0.15) is 5.26 Å². The number of benzene rings is 3. The molecule has 2 aliphatic heterocycles. The first-order valence-electron chi connectivity index (χ1n) is 13.1. The Balaban J connectivity index is 1.39. The highest BCUT2D eigenvalue weighted by molar-refractivity contribution is 5.89. The van der Waals surface area contributed by atoms with Crippen molar-refractivity contribution < 1.29 is 0 Å². The summed E-state index contributed by atoms with van der Waals surface area (Å²) in [6, 6.07) is 28.7. The number of nitrogens with zero attached hydrogens (tertiary/aromatic N) is 3. The van der Waals surface area contributed by atoms with Crippen molar-refractivity contribution in [1.29, 1.82) is 5.26 Å². The van der Waals surface area contributed by atoms with Crippen LogP contribution < -0.4 is 4.90 Å². The van der Waals surface area contributed by atoms with E-state index >= 15 is 0 Å². The maximum atomic E-state index is 9.22. The first kappa shape index (κ1) is 22.1. The predicted octanol–water partition coefficient (Wildman–Crippen LogP) is 7.99. The van der Waals surface area contributed by atoms with Gasteiger partial charge < -0.3 is 4.90 Å². The van der Waals surface area contributed by atoms with Gasteiger partial charge in [-0.15, -0.1) is 0 Å². The molecule has 2 aliphatic carbocycles. The number of fused-ring (bicyclic) bond motifs is 1. The van der Waals surface area contributed by atoms with Crippen molar-refractivity contribution in [2.24, 2.45) is 16.3 Å². The van der Waals surface area contributed by atoms with Crippen LogP contribution in [0.3, 0.4) is 0 Å². The summed E-state index contributed by atoms with van der Waals surface area (Å²) in [4.78, 5) is 7.22. The van der Waals surface area contributed by atoms with Gasteiger partial charge in [-0.3, -0.25) is 4.99 Å². The Kier molecular flexibility index (Phi) is 4.57. The highest BCUT2D eigenvalue weighted by atomic mass is 15.3. The number of nitriles is 1.